The first-order chi connectivity index (χ1) is 11.6. The topological polar surface area (TPSA) is 66.0 Å². The molecule has 2 aliphatic heterocycles. The second-order valence-corrected chi connectivity index (χ2v) is 7.70. The molecule has 2 saturated heterocycles. The van der Waals surface area contributed by atoms with E-state index in [0.717, 1.165) is 31.3 Å². The van der Waals surface area contributed by atoms with Crippen LogP contribution >= 0.6 is 24.0 Å². The first kappa shape index (κ1) is 20.7. The molecule has 0 aromatic heterocycles. The van der Waals surface area contributed by atoms with Crippen LogP contribution in [-0.4, -0.2) is 62.2 Å². The average Bonchev–Trinajstić information content (AvgIpc) is 3.20. The van der Waals surface area contributed by atoms with Gasteiger partial charge in [-0.25, -0.2) is 4.99 Å². The summed E-state index contributed by atoms with van der Waals surface area (Å²) in [4.78, 5) is 18.0. The number of hydrogen-bond acceptors (Lipinski definition) is 3. The summed E-state index contributed by atoms with van der Waals surface area (Å²) in [6.45, 7) is 1.14. The van der Waals surface area contributed by atoms with E-state index in [2.05, 4.69) is 15.6 Å². The minimum atomic E-state index is 0. The third-order valence-electron chi connectivity index (χ3n) is 5.58. The van der Waals surface area contributed by atoms with Gasteiger partial charge < -0.3 is 20.3 Å². The molecular weight excluding hydrogens is 431 g/mol. The normalized spacial score (nSPS) is 29.2. The lowest BCUT2D eigenvalue weighted by atomic mass is 9.89. The van der Waals surface area contributed by atoms with Crippen LogP contribution in [0, 0.1) is 5.92 Å². The maximum absolute atomic E-state index is 11.9. The van der Waals surface area contributed by atoms with Crippen LogP contribution in [0.4, 0.5) is 0 Å². The zero-order valence-electron chi connectivity index (χ0n) is 15.5. The Morgan fingerprint density at radius 1 is 1.16 bits per heavy atom. The molecule has 0 spiro atoms. The van der Waals surface area contributed by atoms with Crippen molar-refractivity contribution in [3.63, 3.8) is 0 Å². The van der Waals surface area contributed by atoms with Crippen molar-refractivity contribution < 1.29 is 9.53 Å². The number of nitrogens with zero attached hydrogens (tertiary/aromatic N) is 2. The standard InChI is InChI=1S/C18H32N4O2.HI/c1-22(2)17(23)12-20-18(19-11-13-6-4-3-5-7-13)21-15-10-14-8-9-16(15)24-14;/h13-16H,3-12H2,1-2H3,(H2,19,20,21);1H. The van der Waals surface area contributed by atoms with Crippen molar-refractivity contribution in [3.05, 3.63) is 0 Å². The SMILES string of the molecule is CN(C)C(=O)CN=C(NCC1CCCCC1)NC1CC2CCC1O2.I. The Bertz CT molecular complexity index is 466. The molecule has 25 heavy (non-hydrogen) atoms. The van der Waals surface area contributed by atoms with Crippen LogP contribution in [0.3, 0.4) is 0 Å². The summed E-state index contributed by atoms with van der Waals surface area (Å²) in [5, 5.41) is 7.01. The predicted octanol–water partition coefficient (Wildman–Crippen LogP) is 2.13. The van der Waals surface area contributed by atoms with Crippen molar-refractivity contribution in [2.24, 2.45) is 10.9 Å². The molecule has 0 radical (unpaired) electrons. The molecule has 1 amide bonds. The average molecular weight is 464 g/mol. The zero-order chi connectivity index (χ0) is 16.9. The van der Waals surface area contributed by atoms with Gasteiger partial charge in [0.15, 0.2) is 5.96 Å². The number of ether oxygens (including phenoxy) is 1. The number of nitrogens with one attached hydrogen (secondary N) is 2. The van der Waals surface area contributed by atoms with Gasteiger partial charge in [-0.3, -0.25) is 4.79 Å². The molecule has 3 unspecified atom stereocenters. The Hall–Kier alpha value is -0.570. The van der Waals surface area contributed by atoms with Crippen molar-refractivity contribution in [2.75, 3.05) is 27.2 Å². The summed E-state index contributed by atoms with van der Waals surface area (Å²) in [5.41, 5.74) is 0. The number of halogens is 1. The Morgan fingerprint density at radius 2 is 1.92 bits per heavy atom. The van der Waals surface area contributed by atoms with E-state index in [9.17, 15) is 4.79 Å². The highest BCUT2D eigenvalue weighted by Crippen LogP contribution is 2.34. The Balaban J connectivity index is 0.00000225. The third-order valence-corrected chi connectivity index (χ3v) is 5.58. The number of amides is 1. The monoisotopic (exact) mass is 464 g/mol. The van der Waals surface area contributed by atoms with E-state index in [-0.39, 0.29) is 36.4 Å². The largest absolute Gasteiger partial charge is 0.373 e. The van der Waals surface area contributed by atoms with Gasteiger partial charge in [-0.1, -0.05) is 19.3 Å². The minimum Gasteiger partial charge on any atom is -0.373 e. The third kappa shape index (κ3) is 5.98. The van der Waals surface area contributed by atoms with E-state index in [1.54, 1.807) is 19.0 Å². The highest BCUT2D eigenvalue weighted by molar-refractivity contribution is 14.0. The lowest BCUT2D eigenvalue weighted by molar-refractivity contribution is -0.127. The molecular formula is C18H33IN4O2. The van der Waals surface area contributed by atoms with Gasteiger partial charge in [0.05, 0.1) is 18.2 Å². The van der Waals surface area contributed by atoms with Gasteiger partial charge in [0.2, 0.25) is 5.91 Å². The molecule has 6 nitrogen and oxygen atoms in total. The number of hydrogen-bond donors (Lipinski definition) is 2. The summed E-state index contributed by atoms with van der Waals surface area (Å²) >= 11 is 0. The van der Waals surface area contributed by atoms with Crippen LogP contribution in [0.2, 0.25) is 0 Å². The Kier molecular flexibility index (Phi) is 8.25. The van der Waals surface area contributed by atoms with Crippen LogP contribution in [0.5, 0.6) is 0 Å². The van der Waals surface area contributed by atoms with Crippen molar-refractivity contribution in [1.29, 1.82) is 0 Å². The lowest BCUT2D eigenvalue weighted by Gasteiger charge is -2.26. The van der Waals surface area contributed by atoms with E-state index in [4.69, 9.17) is 4.74 Å². The summed E-state index contributed by atoms with van der Waals surface area (Å²) in [6, 6.07) is 0.329. The maximum Gasteiger partial charge on any atom is 0.243 e. The summed E-state index contributed by atoms with van der Waals surface area (Å²) in [6.07, 6.45) is 10.7. The van der Waals surface area contributed by atoms with E-state index in [0.29, 0.717) is 18.2 Å². The Labute approximate surface area is 168 Å². The van der Waals surface area contributed by atoms with E-state index >= 15 is 0 Å². The summed E-state index contributed by atoms with van der Waals surface area (Å²) in [5.74, 6) is 1.53. The highest BCUT2D eigenvalue weighted by atomic mass is 127. The Morgan fingerprint density at radius 3 is 2.52 bits per heavy atom. The van der Waals surface area contributed by atoms with Crippen LogP contribution in [0.1, 0.15) is 51.4 Å². The quantitative estimate of drug-likeness (QED) is 0.372. The van der Waals surface area contributed by atoms with Gasteiger partial charge in [0, 0.05) is 20.6 Å². The molecule has 0 aromatic rings. The molecule has 2 bridgehead atoms. The lowest BCUT2D eigenvalue weighted by Crippen LogP contribution is -2.49. The first-order valence-corrected chi connectivity index (χ1v) is 9.52. The molecule has 7 heteroatoms. The van der Waals surface area contributed by atoms with E-state index < -0.39 is 0 Å². The first-order valence-electron chi connectivity index (χ1n) is 9.52. The second kappa shape index (κ2) is 9.94. The second-order valence-electron chi connectivity index (χ2n) is 7.70. The molecule has 144 valence electrons. The molecule has 1 aliphatic carbocycles. The van der Waals surface area contributed by atoms with Crippen LogP contribution < -0.4 is 10.6 Å². The number of fused-ring (bicyclic) bond motifs is 2. The van der Waals surface area contributed by atoms with Gasteiger partial charge >= 0.3 is 0 Å². The number of carbonyl (C=O) groups excluding carboxylic acids is 1. The number of rotatable bonds is 5. The van der Waals surface area contributed by atoms with Gasteiger partial charge in [0.1, 0.15) is 6.54 Å². The van der Waals surface area contributed by atoms with Crippen LogP contribution in [-0.2, 0) is 9.53 Å². The number of likely N-dealkylation sites (N-methyl/N-ethyl adjacent to an activating group) is 1. The van der Waals surface area contributed by atoms with Crippen molar-refractivity contribution in [3.8, 4) is 0 Å². The molecule has 1 saturated carbocycles. The van der Waals surface area contributed by atoms with Gasteiger partial charge in [-0.15, -0.1) is 24.0 Å². The van der Waals surface area contributed by atoms with E-state index in [1.807, 2.05) is 0 Å². The van der Waals surface area contributed by atoms with Crippen molar-refractivity contribution in [2.45, 2.75) is 69.6 Å². The smallest absolute Gasteiger partial charge is 0.243 e. The number of aliphatic imine (C=N–C) groups is 1. The highest BCUT2D eigenvalue weighted by Gasteiger charge is 2.41. The van der Waals surface area contributed by atoms with Gasteiger partial charge in [0.25, 0.3) is 0 Å². The van der Waals surface area contributed by atoms with E-state index in [1.165, 1.54) is 38.5 Å². The predicted molar refractivity (Wildman–Crippen MR) is 110 cm³/mol. The molecule has 2 heterocycles. The molecule has 2 N–H and O–H groups in total. The fourth-order valence-corrected chi connectivity index (χ4v) is 4.04. The summed E-state index contributed by atoms with van der Waals surface area (Å²) < 4.78 is 5.92. The molecule has 3 aliphatic rings. The molecule has 3 fully saturated rings. The minimum absolute atomic E-state index is 0. The van der Waals surface area contributed by atoms with Crippen LogP contribution in [0.15, 0.2) is 4.99 Å². The molecule has 0 aromatic carbocycles. The fraction of sp³-hybridized carbons (Fsp3) is 0.889. The summed E-state index contributed by atoms with van der Waals surface area (Å²) in [7, 11) is 3.54. The fourth-order valence-electron chi connectivity index (χ4n) is 4.04. The maximum atomic E-state index is 11.9. The number of guanidine groups is 1. The molecule has 3 rings (SSSR count). The van der Waals surface area contributed by atoms with Crippen LogP contribution in [0.25, 0.3) is 0 Å². The molecule has 3 atom stereocenters. The number of carbonyl (C=O) groups is 1. The van der Waals surface area contributed by atoms with Crippen molar-refractivity contribution in [1.82, 2.24) is 15.5 Å². The zero-order valence-corrected chi connectivity index (χ0v) is 17.8. The van der Waals surface area contributed by atoms with Crippen molar-refractivity contribution >= 4 is 35.8 Å². The van der Waals surface area contributed by atoms with Gasteiger partial charge in [-0.05, 0) is 38.0 Å². The van der Waals surface area contributed by atoms with Gasteiger partial charge in [-0.2, -0.15) is 0 Å².